The average Bonchev–Trinajstić information content (AvgIpc) is 3.11. The summed E-state index contributed by atoms with van der Waals surface area (Å²) in [7, 11) is 0. The lowest BCUT2D eigenvalue weighted by atomic mass is 9.99. The second kappa shape index (κ2) is 7.74. The summed E-state index contributed by atoms with van der Waals surface area (Å²) in [6, 6.07) is 18.6. The second-order valence-electron chi connectivity index (χ2n) is 7.95. The summed E-state index contributed by atoms with van der Waals surface area (Å²) in [5, 5.41) is 9.97. The molecule has 5 nitrogen and oxygen atoms in total. The number of anilines is 1. The number of aromatic nitrogens is 1. The van der Waals surface area contributed by atoms with Crippen LogP contribution in [-0.2, 0) is 13.0 Å². The van der Waals surface area contributed by atoms with E-state index in [2.05, 4.69) is 51.2 Å². The third kappa shape index (κ3) is 3.55. The fraction of sp³-hybridized carbons (Fsp3) is 0.250. The van der Waals surface area contributed by atoms with E-state index in [4.69, 9.17) is 11.6 Å². The Bertz CT molecular complexity index is 1100. The molecule has 1 saturated heterocycles. The van der Waals surface area contributed by atoms with Crippen molar-refractivity contribution in [3.8, 4) is 11.1 Å². The van der Waals surface area contributed by atoms with Crippen molar-refractivity contribution < 1.29 is 9.90 Å². The van der Waals surface area contributed by atoms with Crippen LogP contribution >= 0.6 is 11.6 Å². The second-order valence-corrected chi connectivity index (χ2v) is 8.39. The maximum atomic E-state index is 11.2. The van der Waals surface area contributed by atoms with Gasteiger partial charge in [0.05, 0.1) is 11.9 Å². The Kier molecular flexibility index (Phi) is 4.93. The van der Waals surface area contributed by atoms with Crippen molar-refractivity contribution in [2.75, 3.05) is 24.5 Å². The quantitative estimate of drug-likeness (QED) is 0.681. The van der Waals surface area contributed by atoms with Gasteiger partial charge in [-0.15, -0.1) is 0 Å². The Morgan fingerprint density at radius 2 is 1.93 bits per heavy atom. The number of nitrogens with zero attached hydrogens (tertiary/aromatic N) is 3. The summed E-state index contributed by atoms with van der Waals surface area (Å²) in [5.41, 5.74) is 6.03. The van der Waals surface area contributed by atoms with Gasteiger partial charge in [0.15, 0.2) is 0 Å². The van der Waals surface area contributed by atoms with E-state index >= 15 is 0 Å². The van der Waals surface area contributed by atoms with Crippen LogP contribution in [-0.4, -0.2) is 46.6 Å². The van der Waals surface area contributed by atoms with Crippen LogP contribution in [0.25, 0.3) is 11.1 Å². The van der Waals surface area contributed by atoms with Gasteiger partial charge in [0.1, 0.15) is 5.69 Å². The highest BCUT2D eigenvalue weighted by Gasteiger charge is 2.35. The summed E-state index contributed by atoms with van der Waals surface area (Å²) >= 11 is 6.06. The normalized spacial score (nSPS) is 18.2. The summed E-state index contributed by atoms with van der Waals surface area (Å²) in [5.74, 6) is -0.969. The minimum absolute atomic E-state index is 0.127. The molecule has 2 aliphatic rings. The third-order valence-corrected chi connectivity index (χ3v) is 6.34. The molecule has 3 aromatic rings. The van der Waals surface area contributed by atoms with Gasteiger partial charge < -0.3 is 10.0 Å². The van der Waals surface area contributed by atoms with Crippen LogP contribution in [0.4, 0.5) is 5.69 Å². The molecule has 0 saturated carbocycles. The van der Waals surface area contributed by atoms with Crippen LogP contribution in [0.3, 0.4) is 0 Å². The first-order valence-electron chi connectivity index (χ1n) is 10.1. The number of carboxylic acid groups (broad SMARTS) is 1. The number of fused-ring (bicyclic) bond motifs is 3. The smallest absolute Gasteiger partial charge is 0.354 e. The van der Waals surface area contributed by atoms with Crippen LogP contribution in [0.5, 0.6) is 0 Å². The SMILES string of the molecule is O=C(O)c1cc2c(cn1)N1CCN(Cc3ccccc3-c3ccc(Cl)cc3)CC1C2. The van der Waals surface area contributed by atoms with E-state index in [1.54, 1.807) is 12.3 Å². The molecule has 0 aliphatic carbocycles. The molecule has 1 aromatic heterocycles. The molecule has 5 rings (SSSR count). The van der Waals surface area contributed by atoms with E-state index < -0.39 is 5.97 Å². The maximum Gasteiger partial charge on any atom is 0.354 e. The van der Waals surface area contributed by atoms with E-state index in [1.165, 1.54) is 16.7 Å². The van der Waals surface area contributed by atoms with Crippen LogP contribution in [0.2, 0.25) is 5.02 Å². The van der Waals surface area contributed by atoms with E-state index in [1.807, 2.05) is 12.1 Å². The maximum absolute atomic E-state index is 11.2. The highest BCUT2D eigenvalue weighted by molar-refractivity contribution is 6.30. The van der Waals surface area contributed by atoms with Crippen LogP contribution in [0.15, 0.2) is 60.8 Å². The zero-order valence-electron chi connectivity index (χ0n) is 16.5. The predicted octanol–water partition coefficient (Wildman–Crippen LogP) is 4.35. The van der Waals surface area contributed by atoms with Crippen LogP contribution in [0.1, 0.15) is 21.6 Å². The van der Waals surface area contributed by atoms with Gasteiger partial charge in [-0.05, 0) is 46.9 Å². The summed E-state index contributed by atoms with van der Waals surface area (Å²) < 4.78 is 0. The molecule has 1 N–H and O–H groups in total. The fourth-order valence-corrected chi connectivity index (χ4v) is 4.77. The van der Waals surface area contributed by atoms with E-state index in [9.17, 15) is 9.90 Å². The molecule has 6 heteroatoms. The molecule has 0 spiro atoms. The lowest BCUT2D eigenvalue weighted by Crippen LogP contribution is -2.51. The lowest BCUT2D eigenvalue weighted by Gasteiger charge is -2.39. The van der Waals surface area contributed by atoms with Crippen molar-refractivity contribution in [1.82, 2.24) is 9.88 Å². The fourth-order valence-electron chi connectivity index (χ4n) is 4.65. The van der Waals surface area contributed by atoms with Gasteiger partial charge in [0.2, 0.25) is 0 Å². The molecule has 2 aliphatic heterocycles. The number of aromatic carboxylic acids is 1. The summed E-state index contributed by atoms with van der Waals surface area (Å²) in [6.07, 6.45) is 2.59. The lowest BCUT2D eigenvalue weighted by molar-refractivity contribution is 0.0690. The van der Waals surface area contributed by atoms with E-state index in [-0.39, 0.29) is 5.69 Å². The predicted molar refractivity (Wildman–Crippen MR) is 118 cm³/mol. The number of hydrogen-bond acceptors (Lipinski definition) is 4. The minimum Gasteiger partial charge on any atom is -0.477 e. The summed E-state index contributed by atoms with van der Waals surface area (Å²) in [6.45, 7) is 3.73. The van der Waals surface area contributed by atoms with Gasteiger partial charge in [0.25, 0.3) is 0 Å². The van der Waals surface area contributed by atoms with E-state index in [0.29, 0.717) is 6.04 Å². The molecule has 1 atom stereocenters. The Morgan fingerprint density at radius 1 is 1.13 bits per heavy atom. The number of rotatable bonds is 4. The van der Waals surface area contributed by atoms with Gasteiger partial charge in [-0.25, -0.2) is 9.78 Å². The number of carbonyl (C=O) groups is 1. The average molecular weight is 420 g/mol. The Labute approximate surface area is 180 Å². The van der Waals surface area contributed by atoms with Gasteiger partial charge in [-0.1, -0.05) is 48.0 Å². The summed E-state index contributed by atoms with van der Waals surface area (Å²) in [4.78, 5) is 20.2. The van der Waals surface area contributed by atoms with Crippen molar-refractivity contribution in [3.05, 3.63) is 82.6 Å². The first-order chi connectivity index (χ1) is 14.6. The highest BCUT2D eigenvalue weighted by atomic mass is 35.5. The monoisotopic (exact) mass is 419 g/mol. The number of halogens is 1. The Morgan fingerprint density at radius 3 is 2.73 bits per heavy atom. The van der Waals surface area contributed by atoms with Crippen LogP contribution < -0.4 is 4.90 Å². The Balaban J connectivity index is 1.33. The van der Waals surface area contributed by atoms with Crippen molar-refractivity contribution in [2.45, 2.75) is 19.0 Å². The van der Waals surface area contributed by atoms with Crippen LogP contribution in [0, 0.1) is 0 Å². The van der Waals surface area contributed by atoms with E-state index in [0.717, 1.165) is 48.9 Å². The van der Waals surface area contributed by atoms with Crippen molar-refractivity contribution in [3.63, 3.8) is 0 Å². The van der Waals surface area contributed by atoms with Gasteiger partial charge in [0, 0.05) is 37.2 Å². The number of piperazine rings is 1. The molecule has 1 fully saturated rings. The largest absolute Gasteiger partial charge is 0.477 e. The van der Waals surface area contributed by atoms with Gasteiger partial charge in [-0.2, -0.15) is 0 Å². The number of pyridine rings is 1. The Hall–Kier alpha value is -2.89. The topological polar surface area (TPSA) is 56.7 Å². The molecular weight excluding hydrogens is 398 g/mol. The molecular formula is C24H22ClN3O2. The molecule has 0 radical (unpaired) electrons. The van der Waals surface area contributed by atoms with Gasteiger partial charge in [-0.3, -0.25) is 4.90 Å². The van der Waals surface area contributed by atoms with Crippen molar-refractivity contribution in [1.29, 1.82) is 0 Å². The molecule has 3 heterocycles. The third-order valence-electron chi connectivity index (χ3n) is 6.08. The molecule has 0 amide bonds. The molecule has 1 unspecified atom stereocenters. The van der Waals surface area contributed by atoms with Crippen molar-refractivity contribution in [2.24, 2.45) is 0 Å². The number of carboxylic acids is 1. The molecule has 0 bridgehead atoms. The number of hydrogen-bond donors (Lipinski definition) is 1. The minimum atomic E-state index is -0.969. The molecule has 2 aromatic carbocycles. The van der Waals surface area contributed by atoms with Crippen molar-refractivity contribution >= 4 is 23.3 Å². The number of benzene rings is 2. The standard InChI is InChI=1S/C24H22ClN3O2/c25-19-7-5-16(6-8-19)21-4-2-1-3-17(21)14-27-9-10-28-20(15-27)11-18-12-22(24(29)30)26-13-23(18)28/h1-8,12-13,20H,9-11,14-15H2,(H,29,30). The molecule has 30 heavy (non-hydrogen) atoms. The first-order valence-corrected chi connectivity index (χ1v) is 10.5. The van der Waals surface area contributed by atoms with Gasteiger partial charge >= 0.3 is 5.97 Å². The molecule has 152 valence electrons. The zero-order chi connectivity index (χ0) is 20.7. The highest BCUT2D eigenvalue weighted by Crippen LogP contribution is 2.35. The first kappa shape index (κ1) is 19.1. The zero-order valence-corrected chi connectivity index (χ0v) is 17.2.